The third kappa shape index (κ3) is 8.96. The van der Waals surface area contributed by atoms with Gasteiger partial charge in [0, 0.05) is 13.2 Å². The number of unbranched alkanes of at least 4 members (excludes halogenated alkanes) is 2. The summed E-state index contributed by atoms with van der Waals surface area (Å²) >= 11 is 0. The van der Waals surface area contributed by atoms with Gasteiger partial charge in [-0.25, -0.2) is 0 Å². The average Bonchev–Trinajstić information content (AvgIpc) is 2.49. The van der Waals surface area contributed by atoms with Crippen LogP contribution in [0, 0.1) is 0 Å². The highest BCUT2D eigenvalue weighted by atomic mass is 28.4. The third-order valence-electron chi connectivity index (χ3n) is 4.38. The van der Waals surface area contributed by atoms with Crippen molar-refractivity contribution in [3.63, 3.8) is 0 Å². The number of rotatable bonds is 4. The van der Waals surface area contributed by atoms with E-state index in [1.165, 1.54) is 57.0 Å². The normalized spacial score (nSPS) is 25.9. The fourth-order valence-electron chi connectivity index (χ4n) is 2.84. The molecule has 0 aromatic carbocycles. The van der Waals surface area contributed by atoms with E-state index in [9.17, 15) is 0 Å². The van der Waals surface area contributed by atoms with E-state index in [4.69, 9.17) is 8.85 Å². The molecule has 2 fully saturated rings. The first-order valence-electron chi connectivity index (χ1n) is 8.97. The molecule has 0 aromatic heterocycles. The van der Waals surface area contributed by atoms with E-state index in [1.807, 2.05) is 0 Å². The zero-order chi connectivity index (χ0) is 15.6. The molecule has 0 N–H and O–H groups in total. The zero-order valence-electron chi connectivity index (χ0n) is 14.7. The van der Waals surface area contributed by atoms with Crippen LogP contribution in [0.5, 0.6) is 0 Å². The summed E-state index contributed by atoms with van der Waals surface area (Å²) in [6.45, 7) is 11.2. The molecule has 2 heterocycles. The minimum atomic E-state index is -1.09. The van der Waals surface area contributed by atoms with Crippen molar-refractivity contribution in [2.45, 2.75) is 84.0 Å². The summed E-state index contributed by atoms with van der Waals surface area (Å²) < 4.78 is 11.4. The lowest BCUT2D eigenvalue weighted by molar-refractivity contribution is 0.275. The largest absolute Gasteiger partial charge is 0.417 e. The van der Waals surface area contributed by atoms with Gasteiger partial charge in [0.1, 0.15) is 0 Å². The molecule has 0 aliphatic carbocycles. The van der Waals surface area contributed by atoms with Gasteiger partial charge in [-0.15, -0.1) is 0 Å². The van der Waals surface area contributed by atoms with E-state index >= 15 is 0 Å². The van der Waals surface area contributed by atoms with E-state index in [1.54, 1.807) is 5.20 Å². The minimum Gasteiger partial charge on any atom is -0.417 e. The van der Waals surface area contributed by atoms with Crippen molar-refractivity contribution in [3.05, 3.63) is 11.3 Å². The van der Waals surface area contributed by atoms with Crippen molar-refractivity contribution in [3.8, 4) is 0 Å². The molecule has 1 atom stereocenters. The molecule has 4 heteroatoms. The van der Waals surface area contributed by atoms with Gasteiger partial charge in [-0.1, -0.05) is 43.9 Å². The van der Waals surface area contributed by atoms with Gasteiger partial charge in [0.15, 0.2) is 8.32 Å². The van der Waals surface area contributed by atoms with Crippen molar-refractivity contribution in [2.75, 3.05) is 13.2 Å². The molecule has 2 saturated heterocycles. The van der Waals surface area contributed by atoms with Crippen LogP contribution in [0.3, 0.4) is 0 Å². The Kier molecular flexibility index (Phi) is 9.81. The van der Waals surface area contributed by atoms with Gasteiger partial charge in [-0.3, -0.25) is 0 Å². The van der Waals surface area contributed by atoms with Crippen LogP contribution in [0.15, 0.2) is 11.3 Å². The lowest BCUT2D eigenvalue weighted by atomic mass is 10.2. The van der Waals surface area contributed by atoms with Gasteiger partial charge in [0.05, 0.1) is 0 Å². The van der Waals surface area contributed by atoms with Gasteiger partial charge >= 0.3 is 0 Å². The summed E-state index contributed by atoms with van der Waals surface area (Å²) in [6, 6.07) is 2.74. The Labute approximate surface area is 135 Å². The Bertz CT molecular complexity index is 289. The number of allylic oxidation sites excluding steroid dienone is 2. The maximum absolute atomic E-state index is 5.84. The lowest BCUT2D eigenvalue weighted by Crippen LogP contribution is -2.33. The Morgan fingerprint density at radius 2 is 1.90 bits per heavy atom. The van der Waals surface area contributed by atoms with Crippen LogP contribution in [-0.4, -0.2) is 30.6 Å². The monoisotopic (exact) mass is 328 g/mol. The van der Waals surface area contributed by atoms with Gasteiger partial charge < -0.3 is 8.85 Å². The second-order valence-corrected chi connectivity index (χ2v) is 14.1. The molecule has 2 rings (SSSR count). The van der Waals surface area contributed by atoms with Crippen LogP contribution in [-0.2, 0) is 8.85 Å². The summed E-state index contributed by atoms with van der Waals surface area (Å²) in [5.41, 5.74) is 0. The standard InChI is InChI=1S/C11H22OSi.C6H14OSi/c1-3-4-5-8-11(2)13-10-7-6-9-12-13;1-8(2)6-4-3-5-7-8/h8,13H,3-7,9-10H2,1-2H3;3-6H2,1-2H3/b11-8+;. The molecule has 0 bridgehead atoms. The molecule has 124 valence electrons. The molecule has 0 radical (unpaired) electrons. The van der Waals surface area contributed by atoms with Crippen LogP contribution in [0.2, 0.25) is 25.2 Å². The van der Waals surface area contributed by atoms with Gasteiger partial charge in [-0.05, 0) is 51.4 Å². The van der Waals surface area contributed by atoms with Crippen molar-refractivity contribution < 1.29 is 8.85 Å². The second-order valence-electron chi connectivity index (χ2n) is 7.01. The van der Waals surface area contributed by atoms with E-state index in [0.717, 1.165) is 13.2 Å². The molecule has 0 amide bonds. The molecule has 2 nitrogen and oxygen atoms in total. The molecule has 0 saturated carbocycles. The third-order valence-corrected chi connectivity index (χ3v) is 9.74. The maximum atomic E-state index is 5.84. The summed E-state index contributed by atoms with van der Waals surface area (Å²) in [5.74, 6) is 0. The molecular formula is C17H36O2Si2. The first kappa shape index (κ1) is 19.1. The molecule has 2 aliphatic rings. The topological polar surface area (TPSA) is 18.5 Å². The summed E-state index contributed by atoms with van der Waals surface area (Å²) in [5, 5.41) is 1.59. The Morgan fingerprint density at radius 3 is 2.38 bits per heavy atom. The minimum absolute atomic E-state index is 0.902. The van der Waals surface area contributed by atoms with E-state index in [-0.39, 0.29) is 0 Å². The Balaban J connectivity index is 0.000000235. The van der Waals surface area contributed by atoms with Gasteiger partial charge in [0.25, 0.3) is 0 Å². The number of hydrogen-bond donors (Lipinski definition) is 0. The summed E-state index contributed by atoms with van der Waals surface area (Å²) in [4.78, 5) is 0. The van der Waals surface area contributed by atoms with Crippen molar-refractivity contribution in [2.24, 2.45) is 0 Å². The summed E-state index contributed by atoms with van der Waals surface area (Å²) in [6.07, 6.45) is 11.7. The smallest absolute Gasteiger partial charge is 0.203 e. The highest BCUT2D eigenvalue weighted by molar-refractivity contribution is 6.71. The predicted octanol–water partition coefficient (Wildman–Crippen LogP) is 5.20. The average molecular weight is 329 g/mol. The maximum Gasteiger partial charge on any atom is 0.203 e. The van der Waals surface area contributed by atoms with E-state index in [2.05, 4.69) is 33.0 Å². The zero-order valence-corrected chi connectivity index (χ0v) is 16.9. The van der Waals surface area contributed by atoms with Crippen LogP contribution in [0.25, 0.3) is 0 Å². The fourth-order valence-corrected chi connectivity index (χ4v) is 7.21. The first-order chi connectivity index (χ1) is 10.0. The van der Waals surface area contributed by atoms with Crippen LogP contribution < -0.4 is 0 Å². The Hall–Kier alpha value is 0.0938. The van der Waals surface area contributed by atoms with Crippen LogP contribution >= 0.6 is 0 Å². The molecule has 2 aliphatic heterocycles. The quantitative estimate of drug-likeness (QED) is 0.522. The molecular weight excluding hydrogens is 292 g/mol. The van der Waals surface area contributed by atoms with Crippen LogP contribution in [0.4, 0.5) is 0 Å². The number of hydrogen-bond acceptors (Lipinski definition) is 2. The second kappa shape index (κ2) is 10.8. The highest BCUT2D eigenvalue weighted by Crippen LogP contribution is 2.20. The van der Waals surface area contributed by atoms with E-state index < -0.39 is 17.4 Å². The van der Waals surface area contributed by atoms with Gasteiger partial charge in [-0.2, -0.15) is 0 Å². The Morgan fingerprint density at radius 1 is 1.14 bits per heavy atom. The van der Waals surface area contributed by atoms with Crippen molar-refractivity contribution >= 4 is 17.4 Å². The highest BCUT2D eigenvalue weighted by Gasteiger charge is 2.24. The van der Waals surface area contributed by atoms with E-state index in [0.29, 0.717) is 0 Å². The van der Waals surface area contributed by atoms with Crippen molar-refractivity contribution in [1.82, 2.24) is 0 Å². The molecule has 0 spiro atoms. The summed E-state index contributed by atoms with van der Waals surface area (Å²) in [7, 11) is -1.99. The van der Waals surface area contributed by atoms with Gasteiger partial charge in [0.2, 0.25) is 9.04 Å². The van der Waals surface area contributed by atoms with Crippen molar-refractivity contribution in [1.29, 1.82) is 0 Å². The molecule has 0 aromatic rings. The lowest BCUT2D eigenvalue weighted by Gasteiger charge is -2.27. The van der Waals surface area contributed by atoms with Crippen LogP contribution in [0.1, 0.15) is 58.8 Å². The first-order valence-corrected chi connectivity index (χ1v) is 14.0. The predicted molar refractivity (Wildman–Crippen MR) is 97.9 cm³/mol. The fraction of sp³-hybridized carbons (Fsp3) is 0.882. The molecule has 1 unspecified atom stereocenters. The molecule has 21 heavy (non-hydrogen) atoms. The SMILES string of the molecule is CCCC/C=C(\C)[SiH]1CCCCO1.C[Si]1(C)CCCCO1.